The lowest BCUT2D eigenvalue weighted by Gasteiger charge is -2.32. The van der Waals surface area contributed by atoms with E-state index in [0.29, 0.717) is 11.5 Å². The molecule has 0 bridgehead atoms. The molecular weight excluding hydrogens is 334 g/mol. The molecule has 1 aliphatic carbocycles. The first-order valence-electron chi connectivity index (χ1n) is 10.1. The van der Waals surface area contributed by atoms with E-state index in [1.54, 1.807) is 12.4 Å². The number of pyridine rings is 1. The van der Waals surface area contributed by atoms with Crippen LogP contribution in [0.5, 0.6) is 0 Å². The van der Waals surface area contributed by atoms with Gasteiger partial charge in [-0.3, -0.25) is 4.79 Å². The maximum absolute atomic E-state index is 12.7. The average Bonchev–Trinajstić information content (AvgIpc) is 2.74. The normalized spacial score (nSPS) is 18.2. The van der Waals surface area contributed by atoms with Crippen LogP contribution in [0.4, 0.5) is 0 Å². The number of hydrogen-bond donors (Lipinski definition) is 1. The number of hydrogen-bond acceptors (Lipinski definition) is 2. The Labute approximate surface area is 161 Å². The van der Waals surface area contributed by atoms with Gasteiger partial charge in [0.15, 0.2) is 6.20 Å². The number of nitrogens with zero attached hydrogens (tertiary/aromatic N) is 2. The Hall–Kier alpha value is -2.62. The SMILES string of the molecule is N[n+]1cccc(C(=O)N2CCC(c3cccc(C4=CCCCC4)c3)CC2)c1. The molecule has 0 radical (unpaired) electrons. The third kappa shape index (κ3) is 4.05. The number of likely N-dealkylation sites (tertiary alicyclic amines) is 1. The average molecular weight is 362 g/mol. The lowest BCUT2D eigenvalue weighted by atomic mass is 9.86. The maximum atomic E-state index is 12.7. The predicted molar refractivity (Wildman–Crippen MR) is 108 cm³/mol. The number of carbonyl (C=O) groups excluding carboxylic acids is 1. The molecule has 2 heterocycles. The monoisotopic (exact) mass is 362 g/mol. The first-order valence-corrected chi connectivity index (χ1v) is 10.1. The topological polar surface area (TPSA) is 50.2 Å². The van der Waals surface area contributed by atoms with Crippen molar-refractivity contribution in [1.29, 1.82) is 0 Å². The summed E-state index contributed by atoms with van der Waals surface area (Å²) < 4.78 is 1.44. The highest BCUT2D eigenvalue weighted by atomic mass is 16.2. The van der Waals surface area contributed by atoms with Gasteiger partial charge in [-0.05, 0) is 67.2 Å². The Balaban J connectivity index is 1.42. The molecule has 4 nitrogen and oxygen atoms in total. The zero-order valence-electron chi connectivity index (χ0n) is 15.8. The van der Waals surface area contributed by atoms with Gasteiger partial charge in [0, 0.05) is 19.2 Å². The first-order chi connectivity index (χ1) is 13.2. The van der Waals surface area contributed by atoms with Crippen molar-refractivity contribution in [1.82, 2.24) is 4.90 Å². The maximum Gasteiger partial charge on any atom is 0.260 e. The minimum Gasteiger partial charge on any atom is -0.338 e. The standard InChI is InChI=1S/C23H28N3O/c24-26-13-5-10-22(17-26)23(27)25-14-11-19(12-15-25)21-9-4-8-20(16-21)18-6-2-1-3-7-18/h4-6,8-10,13,16-17,19H,1-3,7,11-12,14-15,24H2/q+1. The number of benzene rings is 1. The van der Waals surface area contributed by atoms with E-state index in [2.05, 4.69) is 30.3 Å². The highest BCUT2D eigenvalue weighted by Gasteiger charge is 2.26. The molecule has 1 amide bonds. The molecule has 0 spiro atoms. The van der Waals surface area contributed by atoms with Crippen LogP contribution in [0.3, 0.4) is 0 Å². The molecule has 27 heavy (non-hydrogen) atoms. The fourth-order valence-corrected chi connectivity index (χ4v) is 4.31. The molecule has 1 saturated heterocycles. The molecule has 0 unspecified atom stereocenters. The molecule has 2 N–H and O–H groups in total. The van der Waals surface area contributed by atoms with E-state index in [9.17, 15) is 4.79 Å². The quantitative estimate of drug-likeness (QED) is 0.669. The van der Waals surface area contributed by atoms with Crippen molar-refractivity contribution in [2.24, 2.45) is 0 Å². The molecule has 4 heteroatoms. The summed E-state index contributed by atoms with van der Waals surface area (Å²) in [6, 6.07) is 12.7. The Morgan fingerprint density at radius 1 is 1.11 bits per heavy atom. The van der Waals surface area contributed by atoms with Crippen LogP contribution in [0.25, 0.3) is 5.57 Å². The molecule has 1 aromatic heterocycles. The second kappa shape index (κ2) is 7.95. The smallest absolute Gasteiger partial charge is 0.260 e. The van der Waals surface area contributed by atoms with Gasteiger partial charge < -0.3 is 4.90 Å². The number of nitrogens with two attached hydrogens (primary N) is 1. The molecule has 1 fully saturated rings. The third-order valence-electron chi connectivity index (χ3n) is 5.87. The summed E-state index contributed by atoms with van der Waals surface area (Å²) in [4.78, 5) is 14.7. The molecule has 0 atom stereocenters. The Morgan fingerprint density at radius 2 is 1.96 bits per heavy atom. The fraction of sp³-hybridized carbons (Fsp3) is 0.391. The highest BCUT2D eigenvalue weighted by Crippen LogP contribution is 2.32. The van der Waals surface area contributed by atoms with E-state index in [1.807, 2.05) is 17.0 Å². The second-order valence-electron chi connectivity index (χ2n) is 7.71. The minimum absolute atomic E-state index is 0.0781. The van der Waals surface area contributed by atoms with E-state index in [4.69, 9.17) is 5.84 Å². The zero-order valence-corrected chi connectivity index (χ0v) is 15.8. The van der Waals surface area contributed by atoms with Crippen LogP contribution in [0, 0.1) is 0 Å². The molecule has 2 aliphatic rings. The number of carbonyl (C=O) groups is 1. The van der Waals surface area contributed by atoms with Gasteiger partial charge in [0.1, 0.15) is 5.56 Å². The number of piperidine rings is 1. The van der Waals surface area contributed by atoms with Crippen LogP contribution in [0.2, 0.25) is 0 Å². The summed E-state index contributed by atoms with van der Waals surface area (Å²) in [5.41, 5.74) is 4.98. The van der Waals surface area contributed by atoms with Gasteiger partial charge in [-0.15, -0.1) is 0 Å². The van der Waals surface area contributed by atoms with Gasteiger partial charge in [-0.2, -0.15) is 0 Å². The minimum atomic E-state index is 0.0781. The van der Waals surface area contributed by atoms with Crippen LogP contribution in [-0.2, 0) is 0 Å². The third-order valence-corrected chi connectivity index (χ3v) is 5.87. The number of rotatable bonds is 3. The molecule has 0 saturated carbocycles. The predicted octanol–water partition coefficient (Wildman–Crippen LogP) is 3.67. The van der Waals surface area contributed by atoms with Gasteiger partial charge >= 0.3 is 0 Å². The molecule has 1 aromatic carbocycles. The van der Waals surface area contributed by atoms with Crippen molar-refractivity contribution < 1.29 is 9.47 Å². The molecular formula is C23H28N3O+. The first kappa shape index (κ1) is 17.8. The highest BCUT2D eigenvalue weighted by molar-refractivity contribution is 5.93. The van der Waals surface area contributed by atoms with Gasteiger partial charge in [-0.25, -0.2) is 5.84 Å². The largest absolute Gasteiger partial charge is 0.338 e. The lowest BCUT2D eigenvalue weighted by molar-refractivity contribution is -0.639. The van der Waals surface area contributed by atoms with Crippen molar-refractivity contribution >= 4 is 11.5 Å². The number of nitrogen functional groups attached to an aromatic ring is 1. The lowest BCUT2D eigenvalue weighted by Crippen LogP contribution is -2.45. The van der Waals surface area contributed by atoms with Crippen molar-refractivity contribution in [3.8, 4) is 0 Å². The van der Waals surface area contributed by atoms with Crippen molar-refractivity contribution in [2.75, 3.05) is 18.9 Å². The van der Waals surface area contributed by atoms with Crippen LogP contribution in [-0.4, -0.2) is 23.9 Å². The van der Waals surface area contributed by atoms with E-state index in [0.717, 1.165) is 25.9 Å². The Kier molecular flexibility index (Phi) is 5.23. The summed E-state index contributed by atoms with van der Waals surface area (Å²) in [5.74, 6) is 6.35. The van der Waals surface area contributed by atoms with Gasteiger partial charge in [0.25, 0.3) is 5.91 Å². The van der Waals surface area contributed by atoms with Crippen molar-refractivity contribution in [3.63, 3.8) is 0 Å². The van der Waals surface area contributed by atoms with Crippen LogP contribution >= 0.6 is 0 Å². The molecule has 1 aliphatic heterocycles. The number of aromatic nitrogens is 1. The van der Waals surface area contributed by atoms with E-state index in [1.165, 1.54) is 47.1 Å². The van der Waals surface area contributed by atoms with E-state index in [-0.39, 0.29) is 5.91 Å². The van der Waals surface area contributed by atoms with Gasteiger partial charge in [-0.1, -0.05) is 35.0 Å². The van der Waals surface area contributed by atoms with Crippen molar-refractivity contribution in [3.05, 3.63) is 71.6 Å². The zero-order chi connectivity index (χ0) is 18.6. The molecule has 2 aromatic rings. The summed E-state index contributed by atoms with van der Waals surface area (Å²) in [6.07, 6.45) is 12.9. The Bertz CT molecular complexity index is 850. The summed E-state index contributed by atoms with van der Waals surface area (Å²) in [7, 11) is 0. The molecule has 140 valence electrons. The number of amides is 1. The Morgan fingerprint density at radius 3 is 2.70 bits per heavy atom. The summed E-state index contributed by atoms with van der Waals surface area (Å²) in [6.45, 7) is 1.60. The van der Waals surface area contributed by atoms with Gasteiger partial charge in [0.05, 0.1) is 0 Å². The molecule has 4 rings (SSSR count). The number of allylic oxidation sites excluding steroid dienone is 2. The van der Waals surface area contributed by atoms with E-state index >= 15 is 0 Å². The van der Waals surface area contributed by atoms with Crippen LogP contribution in [0.1, 0.15) is 65.9 Å². The van der Waals surface area contributed by atoms with Gasteiger partial charge in [0.2, 0.25) is 6.20 Å². The fourth-order valence-electron chi connectivity index (χ4n) is 4.31. The van der Waals surface area contributed by atoms with Crippen LogP contribution < -0.4 is 10.5 Å². The van der Waals surface area contributed by atoms with Crippen molar-refractivity contribution in [2.45, 2.75) is 44.4 Å². The van der Waals surface area contributed by atoms with Crippen LogP contribution in [0.15, 0.2) is 54.9 Å². The second-order valence-corrected chi connectivity index (χ2v) is 7.71. The summed E-state index contributed by atoms with van der Waals surface area (Å²) in [5, 5.41) is 0. The van der Waals surface area contributed by atoms with E-state index < -0.39 is 0 Å². The summed E-state index contributed by atoms with van der Waals surface area (Å²) >= 11 is 0.